The Labute approximate surface area is 276 Å². The summed E-state index contributed by atoms with van der Waals surface area (Å²) in [6, 6.07) is 8.27. The molecular formula is C39H55BN2O4. The van der Waals surface area contributed by atoms with E-state index in [9.17, 15) is 9.59 Å². The third-order valence-electron chi connectivity index (χ3n) is 14.1. The topological polar surface area (TPSA) is 80.4 Å². The number of fused-ring (bicyclic) bond motifs is 1. The average molecular weight is 627 g/mol. The van der Waals surface area contributed by atoms with Gasteiger partial charge >= 0.3 is 7.12 Å². The number of para-hydroxylation sites is 1. The first-order valence-corrected chi connectivity index (χ1v) is 18.6. The van der Waals surface area contributed by atoms with Crippen LogP contribution in [0.2, 0.25) is 0 Å². The molecule has 1 aromatic heterocycles. The van der Waals surface area contributed by atoms with Gasteiger partial charge in [-0.3, -0.25) is 9.59 Å². The number of aromatic amines is 1. The van der Waals surface area contributed by atoms with Crippen molar-refractivity contribution in [2.24, 2.45) is 52.3 Å². The number of H-pyrrole nitrogens is 1. The zero-order chi connectivity index (χ0) is 32.0. The maximum absolute atomic E-state index is 14.4. The summed E-state index contributed by atoms with van der Waals surface area (Å²) in [6.07, 6.45) is 14.4. The molecule has 6 bridgehead atoms. The number of carbonyl (C=O) groups excluding carboxylic acids is 2. The summed E-state index contributed by atoms with van der Waals surface area (Å²) in [7, 11) is -0.465. The molecule has 46 heavy (non-hydrogen) atoms. The number of aromatic nitrogens is 1. The molecule has 7 saturated carbocycles. The summed E-state index contributed by atoms with van der Waals surface area (Å²) in [5.74, 6) is 3.52. The van der Waals surface area contributed by atoms with Crippen molar-refractivity contribution in [2.75, 3.05) is 0 Å². The second-order valence-corrected chi connectivity index (χ2v) is 18.2. The van der Waals surface area contributed by atoms with Gasteiger partial charge < -0.3 is 19.6 Å². The quantitative estimate of drug-likeness (QED) is 0.251. The van der Waals surface area contributed by atoms with Gasteiger partial charge in [-0.05, 0) is 129 Å². The normalized spacial score (nSPS) is 38.1. The second-order valence-electron chi connectivity index (χ2n) is 18.2. The molecule has 8 aliphatic rings. The molecule has 2 aromatic rings. The van der Waals surface area contributed by atoms with Gasteiger partial charge in [0.15, 0.2) is 0 Å². The maximum atomic E-state index is 14.4. The number of rotatable bonds is 11. The molecule has 1 saturated heterocycles. The Hall–Kier alpha value is -2.12. The minimum Gasteiger partial charge on any atom is -0.404 e. The largest absolute Gasteiger partial charge is 0.481 e. The summed E-state index contributed by atoms with van der Waals surface area (Å²) < 4.78 is 13.6. The second kappa shape index (κ2) is 11.2. The number of carbonyl (C=O) groups is 2. The Morgan fingerprint density at radius 3 is 2.37 bits per heavy atom. The highest BCUT2D eigenvalue weighted by molar-refractivity contribution is 6.47. The standard InChI is InChI=1S/C39H55BN2O4/c1-23(2)10-35(40-45-34-17-29-16-33(37(29,3)4)38(34,5)46-40)42-36(44)27(14-28-22-41-32-9-7-6-8-31(28)32)15-30(43)21-39-18-24-11-25(19-39)13-26(12-24)20-39/h6-9,22-27,29,33-35,41H,10-21H2,1-5H3,(H,42,44)/t24?,25?,26?,27-,29+,33+,34-,35+,38+,39?/m1/s1. The molecule has 0 spiro atoms. The van der Waals surface area contributed by atoms with Crippen LogP contribution in [-0.2, 0) is 25.3 Å². The average Bonchev–Trinajstić information content (AvgIpc) is 3.55. The summed E-state index contributed by atoms with van der Waals surface area (Å²) in [4.78, 5) is 31.9. The van der Waals surface area contributed by atoms with E-state index in [2.05, 4.69) is 57.1 Å². The molecule has 2 heterocycles. The van der Waals surface area contributed by atoms with E-state index in [1.807, 2.05) is 18.3 Å². The van der Waals surface area contributed by atoms with Gasteiger partial charge in [0.1, 0.15) is 5.78 Å². The Bertz CT molecular complexity index is 1460. The van der Waals surface area contributed by atoms with Crippen molar-refractivity contribution < 1.29 is 18.9 Å². The Kier molecular flexibility index (Phi) is 7.60. The predicted octanol–water partition coefficient (Wildman–Crippen LogP) is 7.69. The first-order valence-electron chi connectivity index (χ1n) is 18.6. The van der Waals surface area contributed by atoms with E-state index < -0.39 is 13.0 Å². The van der Waals surface area contributed by atoms with E-state index in [0.29, 0.717) is 37.0 Å². The van der Waals surface area contributed by atoms with E-state index in [-0.39, 0.29) is 40.2 Å². The number of benzene rings is 1. The van der Waals surface area contributed by atoms with Crippen molar-refractivity contribution in [3.8, 4) is 0 Å². The van der Waals surface area contributed by atoms with Gasteiger partial charge in [0.05, 0.1) is 17.6 Å². The van der Waals surface area contributed by atoms with Gasteiger partial charge in [-0.25, -0.2) is 0 Å². The number of hydrogen-bond donors (Lipinski definition) is 2. The zero-order valence-corrected chi connectivity index (χ0v) is 28.8. The minimum absolute atomic E-state index is 0.0355. The van der Waals surface area contributed by atoms with Crippen LogP contribution in [0.25, 0.3) is 10.9 Å². The summed E-state index contributed by atoms with van der Waals surface area (Å²) in [6.45, 7) is 11.4. The van der Waals surface area contributed by atoms with E-state index in [4.69, 9.17) is 9.31 Å². The van der Waals surface area contributed by atoms with Gasteiger partial charge in [-0.1, -0.05) is 45.9 Å². The third kappa shape index (κ3) is 5.30. The summed E-state index contributed by atoms with van der Waals surface area (Å²) in [5.41, 5.74) is 2.30. The Balaban J connectivity index is 1.02. The highest BCUT2D eigenvalue weighted by atomic mass is 16.7. The molecule has 1 aromatic carbocycles. The third-order valence-corrected chi connectivity index (χ3v) is 14.1. The predicted molar refractivity (Wildman–Crippen MR) is 182 cm³/mol. The molecule has 248 valence electrons. The SMILES string of the molecule is CC(C)C[C@H](NC(=O)[C@@H](CC(=O)CC12CC3CC(CC(C3)C1)C2)Cc1c[nH]c2ccccc12)B1O[C@@H]2C[C@@H]3C[C@@H](C3(C)C)[C@]2(C)O1. The van der Waals surface area contributed by atoms with Crippen molar-refractivity contribution in [1.29, 1.82) is 0 Å². The number of hydrogen-bond acceptors (Lipinski definition) is 4. The fourth-order valence-electron chi connectivity index (χ4n) is 12.2. The van der Waals surface area contributed by atoms with E-state index in [0.717, 1.165) is 47.1 Å². The molecule has 8 fully saturated rings. The maximum Gasteiger partial charge on any atom is 0.481 e. The van der Waals surface area contributed by atoms with Gasteiger partial charge in [0.25, 0.3) is 0 Å². The number of nitrogens with one attached hydrogen (secondary N) is 2. The lowest BCUT2D eigenvalue weighted by Gasteiger charge is -2.64. The van der Waals surface area contributed by atoms with E-state index in [1.54, 1.807) is 0 Å². The Morgan fingerprint density at radius 1 is 1.00 bits per heavy atom. The molecule has 7 heteroatoms. The molecule has 2 N–H and O–H groups in total. The number of Topliss-reactive ketones (excluding diaryl/α,β-unsaturated/α-hetero) is 1. The number of ketones is 1. The lowest BCUT2D eigenvalue weighted by molar-refractivity contribution is -0.199. The molecule has 6 nitrogen and oxygen atoms in total. The van der Waals surface area contributed by atoms with Crippen molar-refractivity contribution in [3.05, 3.63) is 36.0 Å². The van der Waals surface area contributed by atoms with Gasteiger partial charge in [-0.15, -0.1) is 0 Å². The van der Waals surface area contributed by atoms with Crippen LogP contribution >= 0.6 is 0 Å². The number of amides is 1. The first kappa shape index (κ1) is 31.2. The van der Waals surface area contributed by atoms with Crippen molar-refractivity contribution >= 4 is 29.7 Å². The molecule has 10 rings (SSSR count). The highest BCUT2D eigenvalue weighted by Gasteiger charge is 2.68. The monoisotopic (exact) mass is 626 g/mol. The molecule has 7 aliphatic carbocycles. The minimum atomic E-state index is -0.465. The lowest BCUT2D eigenvalue weighted by Crippen LogP contribution is -2.65. The van der Waals surface area contributed by atoms with Crippen molar-refractivity contribution in [2.45, 2.75) is 129 Å². The molecule has 6 atom stereocenters. The smallest absolute Gasteiger partial charge is 0.404 e. The highest BCUT2D eigenvalue weighted by Crippen LogP contribution is 2.66. The molecule has 1 amide bonds. The first-order chi connectivity index (χ1) is 21.9. The summed E-state index contributed by atoms with van der Waals surface area (Å²) in [5, 5.41) is 4.57. The van der Waals surface area contributed by atoms with Crippen LogP contribution in [0.1, 0.15) is 111 Å². The fourth-order valence-corrected chi connectivity index (χ4v) is 12.2. The van der Waals surface area contributed by atoms with Crippen LogP contribution in [0.15, 0.2) is 30.5 Å². The van der Waals surface area contributed by atoms with Crippen molar-refractivity contribution in [1.82, 2.24) is 10.3 Å². The van der Waals surface area contributed by atoms with Crippen LogP contribution in [0.4, 0.5) is 0 Å². The van der Waals surface area contributed by atoms with Crippen LogP contribution < -0.4 is 5.32 Å². The van der Waals surface area contributed by atoms with Crippen LogP contribution in [0, 0.1) is 52.3 Å². The zero-order valence-electron chi connectivity index (χ0n) is 28.8. The van der Waals surface area contributed by atoms with Crippen LogP contribution in [-0.4, -0.2) is 41.4 Å². The molecule has 1 aliphatic heterocycles. The summed E-state index contributed by atoms with van der Waals surface area (Å²) >= 11 is 0. The van der Waals surface area contributed by atoms with Gasteiger partial charge in [0, 0.05) is 35.9 Å². The van der Waals surface area contributed by atoms with E-state index in [1.165, 1.54) is 44.9 Å². The molecule has 0 radical (unpaired) electrons. The van der Waals surface area contributed by atoms with Crippen LogP contribution in [0.5, 0.6) is 0 Å². The van der Waals surface area contributed by atoms with Gasteiger partial charge in [-0.2, -0.15) is 0 Å². The van der Waals surface area contributed by atoms with Crippen molar-refractivity contribution in [3.63, 3.8) is 0 Å². The Morgan fingerprint density at radius 2 is 1.70 bits per heavy atom. The van der Waals surface area contributed by atoms with E-state index >= 15 is 0 Å². The molecule has 0 unspecified atom stereocenters. The lowest BCUT2D eigenvalue weighted by atomic mass is 9.43. The fraction of sp³-hybridized carbons (Fsp3) is 0.744. The van der Waals surface area contributed by atoms with Gasteiger partial charge in [0.2, 0.25) is 5.91 Å². The van der Waals surface area contributed by atoms with Crippen LogP contribution in [0.3, 0.4) is 0 Å². The molecular weight excluding hydrogens is 571 g/mol.